The summed E-state index contributed by atoms with van der Waals surface area (Å²) in [6, 6.07) is 11.3. The van der Waals surface area contributed by atoms with Crippen LogP contribution in [0.1, 0.15) is 19.3 Å². The molecule has 1 atom stereocenters. The van der Waals surface area contributed by atoms with Crippen LogP contribution in [0.15, 0.2) is 48.9 Å². The molecule has 1 fully saturated rings. The van der Waals surface area contributed by atoms with Crippen molar-refractivity contribution in [3.8, 4) is 22.4 Å². The van der Waals surface area contributed by atoms with Gasteiger partial charge in [0.25, 0.3) is 0 Å². The first kappa shape index (κ1) is 16.1. The van der Waals surface area contributed by atoms with Gasteiger partial charge in [-0.1, -0.05) is 18.2 Å². The molecule has 4 rings (SSSR count). The van der Waals surface area contributed by atoms with Crippen molar-refractivity contribution in [2.24, 2.45) is 7.05 Å². The number of aromatic nitrogens is 4. The number of hydrogen-bond donors (Lipinski definition) is 0. The summed E-state index contributed by atoms with van der Waals surface area (Å²) in [4.78, 5) is 2.47. The highest BCUT2D eigenvalue weighted by molar-refractivity contribution is 5.70. The lowest BCUT2D eigenvalue weighted by atomic mass is 10.0. The van der Waals surface area contributed by atoms with Crippen molar-refractivity contribution >= 4 is 0 Å². The molecule has 3 aromatic rings. The maximum absolute atomic E-state index is 4.78. The number of nitrogens with zero attached hydrogens (tertiary/aromatic N) is 5. The van der Waals surface area contributed by atoms with Gasteiger partial charge in [-0.25, -0.2) is 0 Å². The zero-order chi connectivity index (χ0) is 17.2. The van der Waals surface area contributed by atoms with Crippen LogP contribution in [0.25, 0.3) is 22.4 Å². The fourth-order valence-electron chi connectivity index (χ4n) is 3.69. The zero-order valence-electron chi connectivity index (χ0n) is 15.0. The molecule has 0 N–H and O–H groups in total. The smallest absolute Gasteiger partial charge is 0.0923 e. The number of rotatable bonds is 5. The van der Waals surface area contributed by atoms with Crippen molar-refractivity contribution in [1.82, 2.24) is 24.5 Å². The average molecular weight is 335 g/mol. The summed E-state index contributed by atoms with van der Waals surface area (Å²) >= 11 is 0. The van der Waals surface area contributed by atoms with Crippen molar-refractivity contribution in [3.05, 3.63) is 48.9 Å². The highest BCUT2D eigenvalue weighted by Gasteiger charge is 2.20. The molecule has 1 saturated heterocycles. The Morgan fingerprint density at radius 3 is 2.76 bits per heavy atom. The van der Waals surface area contributed by atoms with E-state index in [1.165, 1.54) is 31.4 Å². The SMILES string of the molecule is CN1CCCC1CCn1ccc(-c2cccc(-c3cnn(C)c3)c2)n1. The summed E-state index contributed by atoms with van der Waals surface area (Å²) in [7, 11) is 4.17. The van der Waals surface area contributed by atoms with Gasteiger partial charge in [-0.15, -0.1) is 0 Å². The lowest BCUT2D eigenvalue weighted by Crippen LogP contribution is -2.26. The first-order valence-electron chi connectivity index (χ1n) is 9.02. The first-order valence-corrected chi connectivity index (χ1v) is 9.02. The van der Waals surface area contributed by atoms with E-state index in [9.17, 15) is 0 Å². The third-order valence-corrected chi connectivity index (χ3v) is 5.20. The lowest BCUT2D eigenvalue weighted by molar-refractivity contribution is 0.283. The molecule has 5 nitrogen and oxygen atoms in total. The summed E-state index contributed by atoms with van der Waals surface area (Å²) < 4.78 is 3.91. The molecule has 5 heteroatoms. The Morgan fingerprint density at radius 2 is 2.00 bits per heavy atom. The minimum Gasteiger partial charge on any atom is -0.303 e. The topological polar surface area (TPSA) is 38.9 Å². The summed E-state index contributed by atoms with van der Waals surface area (Å²) in [5, 5.41) is 9.04. The van der Waals surface area contributed by atoms with E-state index in [-0.39, 0.29) is 0 Å². The van der Waals surface area contributed by atoms with Gasteiger partial charge in [-0.2, -0.15) is 10.2 Å². The second-order valence-electron chi connectivity index (χ2n) is 7.01. The molecule has 1 aromatic carbocycles. The third kappa shape index (κ3) is 3.51. The van der Waals surface area contributed by atoms with E-state index in [4.69, 9.17) is 5.10 Å². The van der Waals surface area contributed by atoms with Gasteiger partial charge < -0.3 is 4.90 Å². The predicted molar refractivity (Wildman–Crippen MR) is 100 cm³/mol. The summed E-state index contributed by atoms with van der Waals surface area (Å²) in [6.07, 6.45) is 9.85. The van der Waals surface area contributed by atoms with Gasteiger partial charge in [0.1, 0.15) is 0 Å². The molecule has 0 saturated carbocycles. The molecular weight excluding hydrogens is 310 g/mol. The molecule has 0 amide bonds. The highest BCUT2D eigenvalue weighted by Crippen LogP contribution is 2.25. The van der Waals surface area contributed by atoms with Crippen LogP contribution in [-0.4, -0.2) is 44.1 Å². The maximum Gasteiger partial charge on any atom is 0.0923 e. The fraction of sp³-hybridized carbons (Fsp3) is 0.400. The van der Waals surface area contributed by atoms with Crippen molar-refractivity contribution in [2.75, 3.05) is 13.6 Å². The van der Waals surface area contributed by atoms with E-state index in [0.29, 0.717) is 6.04 Å². The summed E-state index contributed by atoms with van der Waals surface area (Å²) in [5.41, 5.74) is 4.49. The van der Waals surface area contributed by atoms with Gasteiger partial charge in [-0.3, -0.25) is 9.36 Å². The largest absolute Gasteiger partial charge is 0.303 e. The monoisotopic (exact) mass is 335 g/mol. The average Bonchev–Trinajstić information content (AvgIpc) is 3.34. The molecule has 1 unspecified atom stereocenters. The second kappa shape index (κ2) is 6.84. The van der Waals surface area contributed by atoms with E-state index >= 15 is 0 Å². The molecule has 0 radical (unpaired) electrons. The molecule has 0 aliphatic carbocycles. The summed E-state index contributed by atoms with van der Waals surface area (Å²) in [5.74, 6) is 0. The fourth-order valence-corrected chi connectivity index (χ4v) is 3.69. The Morgan fingerprint density at radius 1 is 1.12 bits per heavy atom. The van der Waals surface area contributed by atoms with Crippen molar-refractivity contribution in [1.29, 1.82) is 0 Å². The zero-order valence-corrected chi connectivity index (χ0v) is 15.0. The van der Waals surface area contributed by atoms with Crippen molar-refractivity contribution in [2.45, 2.75) is 31.8 Å². The van der Waals surface area contributed by atoms with Crippen LogP contribution >= 0.6 is 0 Å². The predicted octanol–water partition coefficient (Wildman–Crippen LogP) is 3.43. The van der Waals surface area contributed by atoms with Gasteiger partial charge >= 0.3 is 0 Å². The van der Waals surface area contributed by atoms with Crippen molar-refractivity contribution < 1.29 is 0 Å². The minimum atomic E-state index is 0.710. The molecule has 2 aromatic heterocycles. The van der Waals surface area contributed by atoms with E-state index in [1.807, 2.05) is 24.1 Å². The van der Waals surface area contributed by atoms with Crippen LogP contribution in [-0.2, 0) is 13.6 Å². The van der Waals surface area contributed by atoms with Gasteiger partial charge in [0.15, 0.2) is 0 Å². The Bertz CT molecular complexity index is 847. The van der Waals surface area contributed by atoms with Crippen LogP contribution in [0.4, 0.5) is 0 Å². The minimum absolute atomic E-state index is 0.710. The molecule has 25 heavy (non-hydrogen) atoms. The molecule has 130 valence electrons. The molecule has 0 bridgehead atoms. The quantitative estimate of drug-likeness (QED) is 0.717. The second-order valence-corrected chi connectivity index (χ2v) is 7.01. The van der Waals surface area contributed by atoms with Gasteiger partial charge in [0, 0.05) is 43.2 Å². The molecular formula is C20H25N5. The van der Waals surface area contributed by atoms with E-state index in [0.717, 1.165) is 23.4 Å². The number of hydrogen-bond acceptors (Lipinski definition) is 3. The molecule has 3 heterocycles. The lowest BCUT2D eigenvalue weighted by Gasteiger charge is -2.18. The van der Waals surface area contributed by atoms with Crippen molar-refractivity contribution in [3.63, 3.8) is 0 Å². The highest BCUT2D eigenvalue weighted by atomic mass is 15.3. The number of likely N-dealkylation sites (tertiary alicyclic amines) is 1. The molecule has 0 spiro atoms. The normalized spacial score (nSPS) is 18.1. The van der Waals surface area contributed by atoms with Gasteiger partial charge in [0.2, 0.25) is 0 Å². The van der Waals surface area contributed by atoms with E-state index < -0.39 is 0 Å². The molecule has 1 aliphatic rings. The van der Waals surface area contributed by atoms with E-state index in [2.05, 4.69) is 58.3 Å². The summed E-state index contributed by atoms with van der Waals surface area (Å²) in [6.45, 7) is 2.22. The Labute approximate surface area is 148 Å². The van der Waals surface area contributed by atoms with Crippen LogP contribution in [0.3, 0.4) is 0 Å². The van der Waals surface area contributed by atoms with Gasteiger partial charge in [-0.05, 0) is 50.6 Å². The third-order valence-electron chi connectivity index (χ3n) is 5.20. The van der Waals surface area contributed by atoms with Crippen LogP contribution in [0.2, 0.25) is 0 Å². The Balaban J connectivity index is 1.48. The maximum atomic E-state index is 4.78. The van der Waals surface area contributed by atoms with Gasteiger partial charge in [0.05, 0.1) is 11.9 Å². The molecule has 1 aliphatic heterocycles. The number of aryl methyl sites for hydroxylation is 2. The first-order chi connectivity index (χ1) is 12.2. The van der Waals surface area contributed by atoms with E-state index in [1.54, 1.807) is 0 Å². The van der Waals surface area contributed by atoms with Crippen LogP contribution < -0.4 is 0 Å². The van der Waals surface area contributed by atoms with Crippen LogP contribution in [0, 0.1) is 0 Å². The van der Waals surface area contributed by atoms with Crippen LogP contribution in [0.5, 0.6) is 0 Å². The Hall–Kier alpha value is -2.40. The standard InChI is InChI=1S/C20H25N5/c1-23-10-4-7-19(23)8-11-25-12-9-20(22-25)17-6-3-5-16(13-17)18-14-21-24(2)15-18/h3,5-6,9,12-15,19H,4,7-8,10-11H2,1-2H3. The Kier molecular flexibility index (Phi) is 4.40. The number of benzene rings is 1.